The molecule has 5 nitrogen and oxygen atoms in total. The summed E-state index contributed by atoms with van der Waals surface area (Å²) in [6.45, 7) is 6.30. The van der Waals surface area contributed by atoms with Gasteiger partial charge in [0.2, 0.25) is 5.13 Å². The molecule has 0 aliphatic heterocycles. The van der Waals surface area contributed by atoms with Gasteiger partial charge in [-0.25, -0.2) is 0 Å². The number of aromatic hydroxyl groups is 1. The first kappa shape index (κ1) is 15.6. The van der Waals surface area contributed by atoms with Crippen LogP contribution in [0.5, 0.6) is 11.5 Å². The number of hydrogen-bond acceptors (Lipinski definition) is 6. The Hall–Kier alpha value is -1.82. The minimum absolute atomic E-state index is 0.0595. The number of benzene rings is 1. The van der Waals surface area contributed by atoms with Crippen LogP contribution in [0, 0.1) is 5.92 Å². The maximum absolute atomic E-state index is 10.0. The fourth-order valence-corrected chi connectivity index (χ4v) is 3.06. The largest absolute Gasteiger partial charge is 0.507 e. The van der Waals surface area contributed by atoms with Crippen LogP contribution in [0.3, 0.4) is 0 Å². The van der Waals surface area contributed by atoms with E-state index >= 15 is 0 Å². The van der Waals surface area contributed by atoms with Crippen LogP contribution >= 0.6 is 11.3 Å². The molecule has 6 heteroatoms. The van der Waals surface area contributed by atoms with Crippen molar-refractivity contribution in [2.75, 3.05) is 12.4 Å². The molecule has 114 valence electrons. The van der Waals surface area contributed by atoms with E-state index in [9.17, 15) is 5.11 Å². The van der Waals surface area contributed by atoms with Crippen molar-refractivity contribution in [3.8, 4) is 11.5 Å². The Morgan fingerprint density at radius 2 is 2.05 bits per heavy atom. The minimum atomic E-state index is -0.0595. The van der Waals surface area contributed by atoms with E-state index < -0.39 is 0 Å². The Morgan fingerprint density at radius 1 is 1.29 bits per heavy atom. The van der Waals surface area contributed by atoms with Crippen LogP contribution in [0.2, 0.25) is 0 Å². The van der Waals surface area contributed by atoms with Gasteiger partial charge in [0.25, 0.3) is 0 Å². The molecule has 0 aliphatic rings. The molecular formula is C15H21N3O2S. The van der Waals surface area contributed by atoms with Crippen LogP contribution in [0.1, 0.15) is 37.4 Å². The number of ether oxygens (including phenoxy) is 1. The van der Waals surface area contributed by atoms with Gasteiger partial charge in [-0.05, 0) is 25.0 Å². The second-order valence-electron chi connectivity index (χ2n) is 5.39. The van der Waals surface area contributed by atoms with Crippen molar-refractivity contribution in [1.82, 2.24) is 10.2 Å². The first-order valence-electron chi connectivity index (χ1n) is 6.95. The smallest absolute Gasteiger partial charge is 0.206 e. The van der Waals surface area contributed by atoms with Crippen LogP contribution < -0.4 is 10.1 Å². The molecule has 0 saturated carbocycles. The molecule has 0 saturated heterocycles. The van der Waals surface area contributed by atoms with E-state index in [4.69, 9.17) is 4.74 Å². The van der Waals surface area contributed by atoms with Crippen LogP contribution in [0.25, 0.3) is 0 Å². The Labute approximate surface area is 129 Å². The highest BCUT2D eigenvalue weighted by molar-refractivity contribution is 7.15. The van der Waals surface area contributed by atoms with Gasteiger partial charge in [0.15, 0.2) is 0 Å². The summed E-state index contributed by atoms with van der Waals surface area (Å²) in [5, 5.41) is 23.4. The SMILES string of the molecule is COc1ccc(C(C)Nc2nnc(CC(C)C)s2)c(O)c1. The molecule has 21 heavy (non-hydrogen) atoms. The van der Waals surface area contributed by atoms with Crippen LogP contribution in [-0.4, -0.2) is 22.4 Å². The van der Waals surface area contributed by atoms with E-state index in [1.165, 1.54) is 0 Å². The predicted octanol–water partition coefficient (Wildman–Crippen LogP) is 3.62. The van der Waals surface area contributed by atoms with E-state index in [1.807, 2.05) is 19.1 Å². The molecular weight excluding hydrogens is 286 g/mol. The monoisotopic (exact) mass is 307 g/mol. The summed E-state index contributed by atoms with van der Waals surface area (Å²) in [5.74, 6) is 1.41. The van der Waals surface area contributed by atoms with Crippen molar-refractivity contribution in [2.45, 2.75) is 33.2 Å². The average Bonchev–Trinajstić information content (AvgIpc) is 2.84. The minimum Gasteiger partial charge on any atom is -0.507 e. The number of aromatic nitrogens is 2. The van der Waals surface area contributed by atoms with Crippen molar-refractivity contribution in [3.05, 3.63) is 28.8 Å². The summed E-state index contributed by atoms with van der Waals surface area (Å²) in [4.78, 5) is 0. The molecule has 0 aliphatic carbocycles. The van der Waals surface area contributed by atoms with E-state index in [2.05, 4.69) is 29.4 Å². The maximum atomic E-state index is 10.0. The van der Waals surface area contributed by atoms with Crippen LogP contribution in [0.15, 0.2) is 18.2 Å². The van der Waals surface area contributed by atoms with Gasteiger partial charge in [-0.1, -0.05) is 25.2 Å². The van der Waals surface area contributed by atoms with E-state index in [-0.39, 0.29) is 11.8 Å². The van der Waals surface area contributed by atoms with Gasteiger partial charge in [0.1, 0.15) is 16.5 Å². The topological polar surface area (TPSA) is 67.3 Å². The summed E-state index contributed by atoms with van der Waals surface area (Å²) >= 11 is 1.56. The summed E-state index contributed by atoms with van der Waals surface area (Å²) in [6.07, 6.45) is 0.932. The van der Waals surface area contributed by atoms with Gasteiger partial charge in [-0.15, -0.1) is 10.2 Å². The fraction of sp³-hybridized carbons (Fsp3) is 0.467. The highest BCUT2D eigenvalue weighted by Crippen LogP contribution is 2.31. The zero-order valence-corrected chi connectivity index (χ0v) is 13.6. The van der Waals surface area contributed by atoms with Crippen LogP contribution in [-0.2, 0) is 6.42 Å². The van der Waals surface area contributed by atoms with Gasteiger partial charge in [0, 0.05) is 18.1 Å². The lowest BCUT2D eigenvalue weighted by molar-refractivity contribution is 0.406. The quantitative estimate of drug-likeness (QED) is 0.853. The molecule has 0 radical (unpaired) electrons. The van der Waals surface area contributed by atoms with Crippen molar-refractivity contribution in [3.63, 3.8) is 0 Å². The van der Waals surface area contributed by atoms with Gasteiger partial charge >= 0.3 is 0 Å². The Kier molecular flexibility index (Phi) is 5.01. The number of phenols is 1. The summed E-state index contributed by atoms with van der Waals surface area (Å²) in [5.41, 5.74) is 0.802. The summed E-state index contributed by atoms with van der Waals surface area (Å²) in [6, 6.07) is 5.23. The molecule has 1 unspecified atom stereocenters. The van der Waals surface area contributed by atoms with Gasteiger partial charge in [-0.3, -0.25) is 0 Å². The summed E-state index contributed by atoms with van der Waals surface area (Å²) in [7, 11) is 1.58. The highest BCUT2D eigenvalue weighted by Gasteiger charge is 2.14. The third-order valence-corrected chi connectivity index (χ3v) is 3.97. The number of nitrogens with one attached hydrogen (secondary N) is 1. The van der Waals surface area contributed by atoms with Gasteiger partial charge in [-0.2, -0.15) is 0 Å². The number of methoxy groups -OCH3 is 1. The molecule has 0 bridgehead atoms. The first-order chi connectivity index (χ1) is 9.99. The molecule has 1 atom stereocenters. The summed E-state index contributed by atoms with van der Waals surface area (Å²) < 4.78 is 5.09. The molecule has 2 N–H and O–H groups in total. The Morgan fingerprint density at radius 3 is 2.67 bits per heavy atom. The number of rotatable bonds is 6. The average molecular weight is 307 g/mol. The lowest BCUT2D eigenvalue weighted by atomic mass is 10.1. The number of anilines is 1. The van der Waals surface area contributed by atoms with E-state index in [0.717, 1.165) is 22.1 Å². The molecule has 1 heterocycles. The Bertz CT molecular complexity index is 598. The molecule has 2 rings (SSSR count). The highest BCUT2D eigenvalue weighted by atomic mass is 32.1. The second-order valence-corrected chi connectivity index (χ2v) is 6.45. The van der Waals surface area contributed by atoms with Gasteiger partial charge < -0.3 is 15.2 Å². The molecule has 0 amide bonds. The fourth-order valence-electron chi connectivity index (χ4n) is 2.02. The van der Waals surface area contributed by atoms with Crippen LogP contribution in [0.4, 0.5) is 5.13 Å². The molecule has 2 aromatic rings. The standard InChI is InChI=1S/C15H21N3O2S/c1-9(2)7-14-17-18-15(21-14)16-10(3)12-6-5-11(20-4)8-13(12)19/h5-6,8-10,19H,7H2,1-4H3,(H,16,18). The zero-order valence-electron chi connectivity index (χ0n) is 12.8. The van der Waals surface area contributed by atoms with Crippen molar-refractivity contribution >= 4 is 16.5 Å². The van der Waals surface area contributed by atoms with Crippen molar-refractivity contribution in [2.24, 2.45) is 5.92 Å². The van der Waals surface area contributed by atoms with Crippen molar-refractivity contribution < 1.29 is 9.84 Å². The lowest BCUT2D eigenvalue weighted by Crippen LogP contribution is -2.06. The third kappa shape index (κ3) is 4.07. The maximum Gasteiger partial charge on any atom is 0.206 e. The lowest BCUT2D eigenvalue weighted by Gasteiger charge is -2.15. The molecule has 0 spiro atoms. The molecule has 0 fully saturated rings. The number of phenolic OH excluding ortho intramolecular Hbond substituents is 1. The number of nitrogens with zero attached hydrogens (tertiary/aromatic N) is 2. The first-order valence-corrected chi connectivity index (χ1v) is 7.77. The number of hydrogen-bond donors (Lipinski definition) is 2. The Balaban J connectivity index is 2.07. The normalized spacial score (nSPS) is 12.4. The van der Waals surface area contributed by atoms with Crippen molar-refractivity contribution in [1.29, 1.82) is 0 Å². The molecule has 1 aromatic carbocycles. The zero-order chi connectivity index (χ0) is 15.4. The predicted molar refractivity (Wildman–Crippen MR) is 85.1 cm³/mol. The van der Waals surface area contributed by atoms with E-state index in [1.54, 1.807) is 24.5 Å². The molecule has 1 aromatic heterocycles. The van der Waals surface area contributed by atoms with Gasteiger partial charge in [0.05, 0.1) is 13.2 Å². The second kappa shape index (κ2) is 6.76. The van der Waals surface area contributed by atoms with E-state index in [0.29, 0.717) is 11.7 Å². The third-order valence-electron chi connectivity index (χ3n) is 3.09.